The first kappa shape index (κ1) is 29.1. The zero-order valence-corrected chi connectivity index (χ0v) is 23.2. The van der Waals surface area contributed by atoms with Crippen LogP contribution in [-0.4, -0.2) is 92.8 Å². The van der Waals surface area contributed by atoms with Gasteiger partial charge in [0.2, 0.25) is 0 Å². The molecule has 0 atom stereocenters. The lowest BCUT2D eigenvalue weighted by Gasteiger charge is -2.34. The fourth-order valence-corrected chi connectivity index (χ4v) is 5.50. The molecule has 0 saturated carbocycles. The first-order chi connectivity index (χ1) is 19.0. The minimum atomic E-state index is -1.82. The van der Waals surface area contributed by atoms with Crippen molar-refractivity contribution in [1.29, 1.82) is 0 Å². The Morgan fingerprint density at radius 2 is 1.60 bits per heavy atom. The summed E-state index contributed by atoms with van der Waals surface area (Å²) in [4.78, 5) is 37.2. The van der Waals surface area contributed by atoms with E-state index >= 15 is 0 Å². The van der Waals surface area contributed by atoms with Gasteiger partial charge in [0.05, 0.1) is 0 Å². The number of nitrogens with zero attached hydrogens (tertiary/aromatic N) is 4. The molecule has 0 radical (unpaired) electrons. The average Bonchev–Trinajstić information content (AvgIpc) is 3.48. The minimum Gasteiger partial charge on any atom is -0.473 e. The van der Waals surface area contributed by atoms with E-state index in [0.29, 0.717) is 6.04 Å². The fraction of sp³-hybridized carbons (Fsp3) is 0.433. The quantitative estimate of drug-likeness (QED) is 0.430. The second-order valence-corrected chi connectivity index (χ2v) is 10.7. The number of aryl methyl sites for hydroxylation is 1. The monoisotopic (exact) mass is 552 g/mol. The summed E-state index contributed by atoms with van der Waals surface area (Å²) >= 11 is 0. The third-order valence-electron chi connectivity index (χ3n) is 7.71. The highest BCUT2D eigenvalue weighted by Crippen LogP contribution is 2.36. The molecular weight excluding hydrogens is 515 g/mol. The number of benzene rings is 2. The van der Waals surface area contributed by atoms with E-state index in [1.807, 2.05) is 21.9 Å². The second kappa shape index (κ2) is 12.5. The van der Waals surface area contributed by atoms with E-state index in [0.717, 1.165) is 57.7 Å². The Hall–Kier alpha value is -3.92. The van der Waals surface area contributed by atoms with Gasteiger partial charge < -0.3 is 29.5 Å². The van der Waals surface area contributed by atoms with E-state index < -0.39 is 11.9 Å². The second-order valence-electron chi connectivity index (χ2n) is 10.7. The summed E-state index contributed by atoms with van der Waals surface area (Å²) in [6.07, 6.45) is 4.44. The number of amides is 2. The molecule has 3 heterocycles. The third-order valence-corrected chi connectivity index (χ3v) is 7.71. The first-order valence-electron chi connectivity index (χ1n) is 13.7. The maximum atomic E-state index is 13.5. The largest absolute Gasteiger partial charge is 0.473 e. The molecule has 2 N–H and O–H groups in total. The van der Waals surface area contributed by atoms with Crippen LogP contribution >= 0.6 is 0 Å². The molecule has 2 aromatic carbocycles. The van der Waals surface area contributed by atoms with Crippen molar-refractivity contribution in [3.05, 3.63) is 60.0 Å². The van der Waals surface area contributed by atoms with Gasteiger partial charge in [0, 0.05) is 74.0 Å². The number of hydrogen-bond donors (Lipinski definition) is 2. The molecule has 0 spiro atoms. The maximum Gasteiger partial charge on any atom is 0.414 e. The molecule has 3 aromatic rings. The first-order valence-corrected chi connectivity index (χ1v) is 13.7. The molecule has 1 aromatic heterocycles. The number of piperidine rings is 1. The Labute approximate surface area is 233 Å². The number of carbonyl (C=O) groups excluding carboxylic acids is 1. The topological polar surface area (TPSA) is 106 Å². The van der Waals surface area contributed by atoms with Gasteiger partial charge in [-0.05, 0) is 63.4 Å². The van der Waals surface area contributed by atoms with Crippen molar-refractivity contribution in [2.75, 3.05) is 39.3 Å². The van der Waals surface area contributed by atoms with E-state index in [9.17, 15) is 9.18 Å². The number of halogens is 1. The number of rotatable bonds is 6. The summed E-state index contributed by atoms with van der Waals surface area (Å²) in [7, 11) is 0. The molecule has 2 fully saturated rings. The maximum absolute atomic E-state index is 13.5. The van der Waals surface area contributed by atoms with Gasteiger partial charge in [0.15, 0.2) is 0 Å². The van der Waals surface area contributed by atoms with Crippen molar-refractivity contribution in [2.24, 2.45) is 0 Å². The summed E-state index contributed by atoms with van der Waals surface area (Å²) < 4.78 is 16.0. The van der Waals surface area contributed by atoms with E-state index in [-0.39, 0.29) is 17.9 Å². The lowest BCUT2D eigenvalue weighted by Crippen LogP contribution is -2.42. The SMILES string of the molecule is Cc1ccc2c(c1)c(-c1ccc(F)cc1)cn2C1CCN(CCN2CCN(C(C)C)C2=O)CC1.O=C(O)C(=O)O. The molecule has 0 bridgehead atoms. The van der Waals surface area contributed by atoms with Crippen LogP contribution in [-0.2, 0) is 9.59 Å². The number of hydrogen-bond acceptors (Lipinski definition) is 4. The van der Waals surface area contributed by atoms with Gasteiger partial charge in [-0.2, -0.15) is 0 Å². The fourth-order valence-electron chi connectivity index (χ4n) is 5.50. The van der Waals surface area contributed by atoms with Crippen molar-refractivity contribution >= 4 is 28.9 Å². The summed E-state index contributed by atoms with van der Waals surface area (Å²) in [5.41, 5.74) is 4.71. The summed E-state index contributed by atoms with van der Waals surface area (Å²) in [5, 5.41) is 16.0. The van der Waals surface area contributed by atoms with Gasteiger partial charge in [-0.15, -0.1) is 0 Å². The molecule has 9 nitrogen and oxygen atoms in total. The number of likely N-dealkylation sites (tertiary alicyclic amines) is 1. The molecule has 2 aliphatic heterocycles. The van der Waals surface area contributed by atoms with Crippen molar-refractivity contribution in [2.45, 2.75) is 45.7 Å². The van der Waals surface area contributed by atoms with Crippen LogP contribution in [0.2, 0.25) is 0 Å². The molecule has 40 heavy (non-hydrogen) atoms. The Balaban J connectivity index is 0.000000557. The van der Waals surface area contributed by atoms with Crippen LogP contribution in [0.5, 0.6) is 0 Å². The highest BCUT2D eigenvalue weighted by atomic mass is 19.1. The van der Waals surface area contributed by atoms with E-state index in [1.54, 1.807) is 0 Å². The number of fused-ring (bicyclic) bond motifs is 1. The van der Waals surface area contributed by atoms with Gasteiger partial charge in [0.25, 0.3) is 0 Å². The highest BCUT2D eigenvalue weighted by molar-refractivity contribution is 6.27. The summed E-state index contributed by atoms with van der Waals surface area (Å²) in [6, 6.07) is 14.4. The number of urea groups is 1. The average molecular weight is 553 g/mol. The van der Waals surface area contributed by atoms with Gasteiger partial charge >= 0.3 is 18.0 Å². The van der Waals surface area contributed by atoms with Crippen molar-refractivity contribution in [3.63, 3.8) is 0 Å². The Morgan fingerprint density at radius 3 is 2.17 bits per heavy atom. The van der Waals surface area contributed by atoms with Crippen LogP contribution in [0.3, 0.4) is 0 Å². The van der Waals surface area contributed by atoms with Crippen LogP contribution in [0, 0.1) is 12.7 Å². The molecular formula is C30H37FN4O5. The predicted octanol–water partition coefficient (Wildman–Crippen LogP) is 4.69. The molecule has 0 aliphatic carbocycles. The van der Waals surface area contributed by atoms with Gasteiger partial charge in [-0.1, -0.05) is 23.8 Å². The molecule has 214 valence electrons. The zero-order valence-electron chi connectivity index (χ0n) is 23.2. The standard InChI is InChI=1S/C28H35FN4O.C2H2O4/c1-20(2)32-17-16-31(28(32)34)15-14-30-12-10-24(11-13-30)33-19-26(22-5-7-23(29)8-6-22)25-18-21(3)4-9-27(25)33;3-1(4)2(5)6/h4-9,18-20,24H,10-17H2,1-3H3;(H,3,4)(H,5,6). The lowest BCUT2D eigenvalue weighted by molar-refractivity contribution is -0.159. The van der Waals surface area contributed by atoms with Crippen LogP contribution in [0.4, 0.5) is 9.18 Å². The molecule has 10 heteroatoms. The molecule has 2 saturated heterocycles. The number of aromatic nitrogens is 1. The molecule has 0 unspecified atom stereocenters. The van der Waals surface area contributed by atoms with Gasteiger partial charge in [-0.25, -0.2) is 18.8 Å². The van der Waals surface area contributed by atoms with Crippen LogP contribution < -0.4 is 0 Å². The Kier molecular flexibility index (Phi) is 9.09. The van der Waals surface area contributed by atoms with E-state index in [1.165, 1.54) is 34.2 Å². The summed E-state index contributed by atoms with van der Waals surface area (Å²) in [6.45, 7) is 11.8. The van der Waals surface area contributed by atoms with E-state index in [2.05, 4.69) is 54.6 Å². The predicted molar refractivity (Wildman–Crippen MR) is 151 cm³/mol. The molecule has 5 rings (SSSR count). The van der Waals surface area contributed by atoms with Crippen molar-refractivity contribution in [3.8, 4) is 11.1 Å². The third kappa shape index (κ3) is 6.62. The highest BCUT2D eigenvalue weighted by Gasteiger charge is 2.30. The van der Waals surface area contributed by atoms with Gasteiger partial charge in [-0.3, -0.25) is 0 Å². The normalized spacial score (nSPS) is 16.5. The lowest BCUT2D eigenvalue weighted by atomic mass is 10.0. The van der Waals surface area contributed by atoms with Crippen molar-refractivity contribution in [1.82, 2.24) is 19.3 Å². The smallest absolute Gasteiger partial charge is 0.414 e. The summed E-state index contributed by atoms with van der Waals surface area (Å²) in [5.74, 6) is -3.85. The zero-order chi connectivity index (χ0) is 29.0. The number of aliphatic carboxylic acids is 2. The number of carboxylic acids is 2. The molecule has 2 amide bonds. The Bertz CT molecular complexity index is 1350. The van der Waals surface area contributed by atoms with Crippen LogP contribution in [0.1, 0.15) is 38.3 Å². The Morgan fingerprint density at radius 1 is 0.950 bits per heavy atom. The van der Waals surface area contributed by atoms with Crippen LogP contribution in [0.25, 0.3) is 22.0 Å². The minimum absolute atomic E-state index is 0.187. The van der Waals surface area contributed by atoms with Gasteiger partial charge in [0.1, 0.15) is 5.82 Å². The number of carboxylic acid groups (broad SMARTS) is 2. The van der Waals surface area contributed by atoms with Crippen LogP contribution in [0.15, 0.2) is 48.7 Å². The van der Waals surface area contributed by atoms with Crippen molar-refractivity contribution < 1.29 is 29.0 Å². The number of carbonyl (C=O) groups is 3. The van der Waals surface area contributed by atoms with E-state index in [4.69, 9.17) is 19.8 Å². The molecule has 2 aliphatic rings.